The van der Waals surface area contributed by atoms with Crippen LogP contribution in [0, 0.1) is 12.7 Å². The highest BCUT2D eigenvalue weighted by Gasteiger charge is 2.21. The Labute approximate surface area is 143 Å². The summed E-state index contributed by atoms with van der Waals surface area (Å²) in [6.07, 6.45) is 0. The summed E-state index contributed by atoms with van der Waals surface area (Å²) < 4.78 is 25.5. The first kappa shape index (κ1) is 16.6. The van der Waals surface area contributed by atoms with E-state index in [0.29, 0.717) is 20.5 Å². The molecule has 0 aliphatic rings. The molecule has 0 spiro atoms. The molecule has 0 aliphatic carbocycles. The number of carbonyl (C=O) groups is 1. The lowest BCUT2D eigenvalue weighted by molar-refractivity contribution is 0.0474. The third kappa shape index (κ3) is 3.18. The van der Waals surface area contributed by atoms with Gasteiger partial charge in [-0.05, 0) is 30.2 Å². The SMILES string of the molecule is COCc1c(C(=O)OCc2ccccc2C)sc2cccc(F)c12. The van der Waals surface area contributed by atoms with Gasteiger partial charge in [0.1, 0.15) is 17.3 Å². The first-order valence-electron chi connectivity index (χ1n) is 7.52. The van der Waals surface area contributed by atoms with Crippen molar-refractivity contribution in [1.82, 2.24) is 0 Å². The number of benzene rings is 2. The molecular formula is C19H17FO3S. The van der Waals surface area contributed by atoms with Crippen molar-refractivity contribution < 1.29 is 18.7 Å². The van der Waals surface area contributed by atoms with E-state index < -0.39 is 5.97 Å². The summed E-state index contributed by atoms with van der Waals surface area (Å²) in [5.74, 6) is -0.806. The molecule has 0 saturated heterocycles. The Morgan fingerprint density at radius 3 is 2.67 bits per heavy atom. The van der Waals surface area contributed by atoms with E-state index in [1.807, 2.05) is 31.2 Å². The van der Waals surface area contributed by atoms with Crippen molar-refractivity contribution in [3.05, 3.63) is 69.8 Å². The first-order chi connectivity index (χ1) is 11.6. The molecular weight excluding hydrogens is 327 g/mol. The van der Waals surface area contributed by atoms with E-state index in [1.165, 1.54) is 24.5 Å². The second-order valence-corrected chi connectivity index (χ2v) is 6.51. The molecule has 3 nitrogen and oxygen atoms in total. The van der Waals surface area contributed by atoms with Gasteiger partial charge in [0, 0.05) is 22.8 Å². The number of hydrogen-bond donors (Lipinski definition) is 0. The van der Waals surface area contributed by atoms with Crippen LogP contribution in [0.2, 0.25) is 0 Å². The molecule has 0 bridgehead atoms. The lowest BCUT2D eigenvalue weighted by Crippen LogP contribution is -2.07. The number of carbonyl (C=O) groups excluding carboxylic acids is 1. The van der Waals surface area contributed by atoms with Crippen LogP contribution in [0.4, 0.5) is 4.39 Å². The summed E-state index contributed by atoms with van der Waals surface area (Å²) in [5.41, 5.74) is 2.56. The maximum absolute atomic E-state index is 14.1. The van der Waals surface area contributed by atoms with E-state index in [9.17, 15) is 9.18 Å². The van der Waals surface area contributed by atoms with E-state index in [4.69, 9.17) is 9.47 Å². The highest BCUT2D eigenvalue weighted by molar-refractivity contribution is 7.21. The highest BCUT2D eigenvalue weighted by Crippen LogP contribution is 2.34. The molecule has 1 heterocycles. The molecule has 0 N–H and O–H groups in total. The minimum absolute atomic E-state index is 0.162. The van der Waals surface area contributed by atoms with Gasteiger partial charge in [0.15, 0.2) is 0 Å². The molecule has 0 radical (unpaired) electrons. The fraction of sp³-hybridized carbons (Fsp3) is 0.211. The number of fused-ring (bicyclic) bond motifs is 1. The number of thiophene rings is 1. The predicted octanol–water partition coefficient (Wildman–Crippen LogP) is 4.85. The molecule has 2 aromatic carbocycles. The lowest BCUT2D eigenvalue weighted by atomic mass is 10.1. The second kappa shape index (κ2) is 7.11. The first-order valence-corrected chi connectivity index (χ1v) is 8.34. The van der Waals surface area contributed by atoms with Gasteiger partial charge < -0.3 is 9.47 Å². The summed E-state index contributed by atoms with van der Waals surface area (Å²) in [4.78, 5) is 12.9. The molecule has 3 rings (SSSR count). The maximum atomic E-state index is 14.1. The number of esters is 1. The molecule has 0 aliphatic heterocycles. The zero-order valence-electron chi connectivity index (χ0n) is 13.5. The Kier molecular flexibility index (Phi) is 4.92. The van der Waals surface area contributed by atoms with Crippen molar-refractivity contribution in [3.8, 4) is 0 Å². The van der Waals surface area contributed by atoms with E-state index in [1.54, 1.807) is 12.1 Å². The van der Waals surface area contributed by atoms with Gasteiger partial charge >= 0.3 is 5.97 Å². The fourth-order valence-electron chi connectivity index (χ4n) is 2.60. The number of halogens is 1. The molecule has 0 atom stereocenters. The van der Waals surface area contributed by atoms with Crippen molar-refractivity contribution >= 4 is 27.4 Å². The van der Waals surface area contributed by atoms with Crippen LogP contribution in [0.5, 0.6) is 0 Å². The van der Waals surface area contributed by atoms with Crippen molar-refractivity contribution in [2.45, 2.75) is 20.1 Å². The van der Waals surface area contributed by atoms with Crippen molar-refractivity contribution in [1.29, 1.82) is 0 Å². The van der Waals surface area contributed by atoms with E-state index >= 15 is 0 Å². The molecule has 0 unspecified atom stereocenters. The van der Waals surface area contributed by atoms with Gasteiger partial charge in [-0.3, -0.25) is 0 Å². The Morgan fingerprint density at radius 2 is 1.92 bits per heavy atom. The van der Waals surface area contributed by atoms with Crippen LogP contribution in [-0.2, 0) is 22.7 Å². The minimum atomic E-state index is -0.453. The topological polar surface area (TPSA) is 35.5 Å². The zero-order chi connectivity index (χ0) is 17.1. The second-order valence-electron chi connectivity index (χ2n) is 5.46. The molecule has 1 aromatic heterocycles. The summed E-state index contributed by atoms with van der Waals surface area (Å²) in [6.45, 7) is 2.32. The van der Waals surface area contributed by atoms with Crippen molar-refractivity contribution in [2.24, 2.45) is 0 Å². The molecule has 0 amide bonds. The van der Waals surface area contributed by atoms with Crippen LogP contribution < -0.4 is 0 Å². The number of ether oxygens (including phenoxy) is 2. The normalized spacial score (nSPS) is 11.0. The molecule has 24 heavy (non-hydrogen) atoms. The average molecular weight is 344 g/mol. The third-order valence-electron chi connectivity index (χ3n) is 3.86. The van der Waals surface area contributed by atoms with Crippen molar-refractivity contribution in [3.63, 3.8) is 0 Å². The van der Waals surface area contributed by atoms with Crippen LogP contribution in [-0.4, -0.2) is 13.1 Å². The standard InChI is InChI=1S/C19H17FO3S/c1-12-6-3-4-7-13(12)10-23-19(21)18-14(11-22-2)17-15(20)8-5-9-16(17)24-18/h3-9H,10-11H2,1-2H3. The molecule has 5 heteroatoms. The average Bonchev–Trinajstić information content (AvgIpc) is 2.94. The number of aryl methyl sites for hydroxylation is 1. The van der Waals surface area contributed by atoms with Crippen molar-refractivity contribution in [2.75, 3.05) is 7.11 Å². The van der Waals surface area contributed by atoms with Gasteiger partial charge in [0.05, 0.1) is 6.61 Å². The zero-order valence-corrected chi connectivity index (χ0v) is 14.3. The molecule has 0 saturated carbocycles. The fourth-order valence-corrected chi connectivity index (χ4v) is 3.71. The van der Waals surface area contributed by atoms with Gasteiger partial charge in [-0.2, -0.15) is 0 Å². The number of hydrogen-bond acceptors (Lipinski definition) is 4. The highest BCUT2D eigenvalue weighted by atomic mass is 32.1. The lowest BCUT2D eigenvalue weighted by Gasteiger charge is -2.08. The van der Waals surface area contributed by atoms with Gasteiger partial charge in [0.2, 0.25) is 0 Å². The van der Waals surface area contributed by atoms with Crippen LogP contribution in [0.3, 0.4) is 0 Å². The number of rotatable bonds is 5. The summed E-state index contributed by atoms with van der Waals surface area (Å²) in [6, 6.07) is 12.5. The Balaban J connectivity index is 1.90. The Morgan fingerprint density at radius 1 is 1.12 bits per heavy atom. The minimum Gasteiger partial charge on any atom is -0.457 e. The maximum Gasteiger partial charge on any atom is 0.349 e. The summed E-state index contributed by atoms with van der Waals surface area (Å²) >= 11 is 1.23. The summed E-state index contributed by atoms with van der Waals surface area (Å²) in [5, 5.41) is 0.437. The molecule has 0 fully saturated rings. The summed E-state index contributed by atoms with van der Waals surface area (Å²) in [7, 11) is 1.52. The molecule has 124 valence electrons. The predicted molar refractivity (Wildman–Crippen MR) is 92.8 cm³/mol. The van der Waals surface area contributed by atoms with Crippen LogP contribution in [0.25, 0.3) is 10.1 Å². The van der Waals surface area contributed by atoms with E-state index in [-0.39, 0.29) is 19.0 Å². The Bertz CT molecular complexity index is 885. The van der Waals surface area contributed by atoms with Crippen LogP contribution >= 0.6 is 11.3 Å². The van der Waals surface area contributed by atoms with Gasteiger partial charge in [0.25, 0.3) is 0 Å². The van der Waals surface area contributed by atoms with Crippen LogP contribution in [0.1, 0.15) is 26.4 Å². The van der Waals surface area contributed by atoms with Crippen LogP contribution in [0.15, 0.2) is 42.5 Å². The van der Waals surface area contributed by atoms with Gasteiger partial charge in [-0.25, -0.2) is 9.18 Å². The molecule has 3 aromatic rings. The van der Waals surface area contributed by atoms with Gasteiger partial charge in [-0.1, -0.05) is 30.3 Å². The third-order valence-corrected chi connectivity index (χ3v) is 5.03. The largest absolute Gasteiger partial charge is 0.457 e. The Hall–Kier alpha value is -2.24. The van der Waals surface area contributed by atoms with Gasteiger partial charge in [-0.15, -0.1) is 11.3 Å². The van der Waals surface area contributed by atoms with E-state index in [2.05, 4.69) is 0 Å². The quantitative estimate of drug-likeness (QED) is 0.621. The monoisotopic (exact) mass is 344 g/mol. The smallest absolute Gasteiger partial charge is 0.349 e. The van der Waals surface area contributed by atoms with E-state index in [0.717, 1.165) is 11.1 Å². The number of methoxy groups -OCH3 is 1.